The van der Waals surface area contributed by atoms with Gasteiger partial charge in [0.15, 0.2) is 0 Å². The van der Waals surface area contributed by atoms with Gasteiger partial charge in [0.1, 0.15) is 0 Å². The topological polar surface area (TPSA) is 34.1 Å². The Kier molecular flexibility index (Phi) is 3.14. The Morgan fingerprint density at radius 1 is 1.08 bits per heavy atom. The van der Waals surface area contributed by atoms with Crippen molar-refractivity contribution in [3.63, 3.8) is 0 Å². The van der Waals surface area contributed by atoms with Crippen LogP contribution < -0.4 is 0 Å². The van der Waals surface area contributed by atoms with Crippen LogP contribution in [-0.4, -0.2) is 18.4 Å². The van der Waals surface area contributed by atoms with Crippen molar-refractivity contribution in [2.75, 3.05) is 0 Å². The Balaban J connectivity index is 5.32. The lowest BCUT2D eigenvalue weighted by atomic mass is 10.2. The Hall–Kier alpha value is -0.190. The predicted molar refractivity (Wildman–Crippen MR) is 48.5 cm³/mol. The van der Waals surface area contributed by atoms with Gasteiger partial charge in [-0.15, -0.1) is 0 Å². The van der Waals surface area contributed by atoms with Crippen molar-refractivity contribution < 1.29 is 17.2 Å². The zero-order valence-corrected chi connectivity index (χ0v) is 9.37. The normalized spacial score (nSPS) is 15.1. The van der Waals surface area contributed by atoms with Gasteiger partial charge in [0.25, 0.3) is 0 Å². The average molecular weight is 214 g/mol. The molecule has 0 aliphatic rings. The summed E-state index contributed by atoms with van der Waals surface area (Å²) in [6.45, 7) is 6.22. The first-order chi connectivity index (χ1) is 5.44. The van der Waals surface area contributed by atoms with E-state index in [0.29, 0.717) is 0 Å². The summed E-state index contributed by atoms with van der Waals surface area (Å²) in [4.78, 5) is 0. The molecule has 0 aromatic heterocycles. The van der Waals surface area contributed by atoms with Crippen LogP contribution in [0.15, 0.2) is 0 Å². The van der Waals surface area contributed by atoms with E-state index in [9.17, 15) is 17.2 Å². The van der Waals surface area contributed by atoms with Gasteiger partial charge < -0.3 is 0 Å². The summed E-state index contributed by atoms with van der Waals surface area (Å²) >= 11 is 0. The van der Waals surface area contributed by atoms with Crippen LogP contribution in [0.2, 0.25) is 0 Å². The molecule has 0 aromatic carbocycles. The summed E-state index contributed by atoms with van der Waals surface area (Å²) in [6, 6.07) is 0. The van der Waals surface area contributed by atoms with E-state index in [0.717, 1.165) is 0 Å². The second-order valence-corrected chi connectivity index (χ2v) is 7.11. The lowest BCUT2D eigenvalue weighted by Crippen LogP contribution is -2.45. The SMILES string of the molecule is CC(C)C(F)(F)S(=O)(=O)C(C)(C)C. The monoisotopic (exact) mass is 214 g/mol. The van der Waals surface area contributed by atoms with Gasteiger partial charge in [0.2, 0.25) is 9.84 Å². The molecule has 80 valence electrons. The highest BCUT2D eigenvalue weighted by Gasteiger charge is 2.53. The molecule has 0 rings (SSSR count). The summed E-state index contributed by atoms with van der Waals surface area (Å²) in [6.07, 6.45) is 0. The first-order valence-corrected chi connectivity index (χ1v) is 5.55. The van der Waals surface area contributed by atoms with Crippen molar-refractivity contribution >= 4 is 9.84 Å². The molecule has 0 saturated carbocycles. The molecule has 0 aliphatic heterocycles. The summed E-state index contributed by atoms with van der Waals surface area (Å²) in [5, 5.41) is -3.65. The second-order valence-electron chi connectivity index (χ2n) is 4.33. The van der Waals surface area contributed by atoms with E-state index in [4.69, 9.17) is 0 Å². The predicted octanol–water partition coefficient (Wildman–Crippen LogP) is 2.45. The number of hydrogen-bond acceptors (Lipinski definition) is 2. The molecule has 5 heteroatoms. The molecule has 0 radical (unpaired) electrons. The van der Waals surface area contributed by atoms with Crippen LogP contribution in [0.5, 0.6) is 0 Å². The summed E-state index contributed by atoms with van der Waals surface area (Å²) < 4.78 is 47.8. The molecule has 0 N–H and O–H groups in total. The number of sulfone groups is 1. The molecular formula is C8H16F2O2S. The minimum absolute atomic E-state index is 1.20. The van der Waals surface area contributed by atoms with E-state index >= 15 is 0 Å². The second kappa shape index (κ2) is 3.19. The Labute approximate surface area is 78.3 Å². The molecule has 0 heterocycles. The third kappa shape index (κ3) is 2.00. The van der Waals surface area contributed by atoms with Crippen LogP contribution in [0.25, 0.3) is 0 Å². The number of rotatable bonds is 2. The molecule has 0 atom stereocenters. The first-order valence-electron chi connectivity index (χ1n) is 4.06. The molecule has 0 spiro atoms. The largest absolute Gasteiger partial charge is 0.348 e. The highest BCUT2D eigenvalue weighted by Crippen LogP contribution is 2.37. The molecule has 0 fully saturated rings. The van der Waals surface area contributed by atoms with E-state index in [1.165, 1.54) is 34.6 Å². The van der Waals surface area contributed by atoms with E-state index in [2.05, 4.69) is 0 Å². The number of alkyl halides is 2. The highest BCUT2D eigenvalue weighted by molar-refractivity contribution is 7.93. The summed E-state index contributed by atoms with van der Waals surface area (Å²) in [5.41, 5.74) is 0. The third-order valence-electron chi connectivity index (χ3n) is 1.84. The maximum atomic E-state index is 13.2. The first kappa shape index (κ1) is 12.8. The van der Waals surface area contributed by atoms with Gasteiger partial charge in [-0.05, 0) is 20.8 Å². The van der Waals surface area contributed by atoms with Crippen LogP contribution >= 0.6 is 0 Å². The molecule has 2 nitrogen and oxygen atoms in total. The lowest BCUT2D eigenvalue weighted by molar-refractivity contribution is 0.0401. The molecular weight excluding hydrogens is 198 g/mol. The van der Waals surface area contributed by atoms with Gasteiger partial charge in [-0.2, -0.15) is 8.78 Å². The fourth-order valence-corrected chi connectivity index (χ4v) is 2.16. The van der Waals surface area contributed by atoms with Gasteiger partial charge in [0.05, 0.1) is 4.75 Å². The van der Waals surface area contributed by atoms with Crippen molar-refractivity contribution in [3.05, 3.63) is 0 Å². The van der Waals surface area contributed by atoms with E-state index in [-0.39, 0.29) is 0 Å². The van der Waals surface area contributed by atoms with Crippen LogP contribution in [0.1, 0.15) is 34.6 Å². The Bertz CT molecular complexity index is 273. The van der Waals surface area contributed by atoms with E-state index in [1.54, 1.807) is 0 Å². The summed E-state index contributed by atoms with van der Waals surface area (Å²) in [7, 11) is -4.41. The fourth-order valence-electron chi connectivity index (χ4n) is 0.719. The van der Waals surface area contributed by atoms with Crippen molar-refractivity contribution in [3.8, 4) is 0 Å². The Morgan fingerprint density at radius 3 is 1.46 bits per heavy atom. The molecule has 0 saturated heterocycles. The van der Waals surface area contributed by atoms with Gasteiger partial charge in [-0.25, -0.2) is 8.42 Å². The fraction of sp³-hybridized carbons (Fsp3) is 1.00. The molecule has 0 bridgehead atoms. The average Bonchev–Trinajstić information content (AvgIpc) is 1.84. The van der Waals surface area contributed by atoms with Crippen molar-refractivity contribution in [1.29, 1.82) is 0 Å². The minimum atomic E-state index is -4.41. The van der Waals surface area contributed by atoms with E-state index < -0.39 is 25.8 Å². The highest BCUT2D eigenvalue weighted by atomic mass is 32.2. The van der Waals surface area contributed by atoms with Crippen LogP contribution in [0.3, 0.4) is 0 Å². The quantitative estimate of drug-likeness (QED) is 0.707. The van der Waals surface area contributed by atoms with Crippen LogP contribution in [0, 0.1) is 5.92 Å². The van der Waals surface area contributed by atoms with Crippen LogP contribution in [-0.2, 0) is 9.84 Å². The van der Waals surface area contributed by atoms with Crippen molar-refractivity contribution in [2.24, 2.45) is 5.92 Å². The molecule has 13 heavy (non-hydrogen) atoms. The maximum absolute atomic E-state index is 13.2. The number of halogens is 2. The third-order valence-corrected chi connectivity index (χ3v) is 4.64. The standard InChI is InChI=1S/C8H16F2O2S/c1-6(2)8(9,10)13(11,12)7(3,4)5/h6H,1-5H3. The molecule has 0 unspecified atom stereocenters. The number of hydrogen-bond donors (Lipinski definition) is 0. The van der Waals surface area contributed by atoms with E-state index in [1.807, 2.05) is 0 Å². The smallest absolute Gasteiger partial charge is 0.222 e. The maximum Gasteiger partial charge on any atom is 0.348 e. The molecule has 0 amide bonds. The lowest BCUT2D eigenvalue weighted by Gasteiger charge is -2.28. The van der Waals surface area contributed by atoms with Crippen molar-refractivity contribution in [2.45, 2.75) is 44.6 Å². The van der Waals surface area contributed by atoms with Gasteiger partial charge in [-0.3, -0.25) is 0 Å². The van der Waals surface area contributed by atoms with Gasteiger partial charge in [-0.1, -0.05) is 13.8 Å². The Morgan fingerprint density at radius 2 is 1.38 bits per heavy atom. The van der Waals surface area contributed by atoms with Gasteiger partial charge in [0, 0.05) is 5.92 Å². The summed E-state index contributed by atoms with van der Waals surface area (Å²) in [5.74, 6) is -1.20. The molecule has 0 aliphatic carbocycles. The van der Waals surface area contributed by atoms with Gasteiger partial charge >= 0.3 is 5.25 Å². The van der Waals surface area contributed by atoms with Crippen LogP contribution in [0.4, 0.5) is 8.78 Å². The van der Waals surface area contributed by atoms with Crippen molar-refractivity contribution in [1.82, 2.24) is 0 Å². The minimum Gasteiger partial charge on any atom is -0.222 e. The molecule has 0 aromatic rings. The zero-order chi connectivity index (χ0) is 11.1. The zero-order valence-electron chi connectivity index (χ0n) is 8.56.